The molecule has 0 aliphatic carbocycles. The molecule has 1 saturated heterocycles. The molecule has 1 unspecified atom stereocenters. The monoisotopic (exact) mass is 524 g/mol. The summed E-state index contributed by atoms with van der Waals surface area (Å²) < 4.78 is 5.22. The lowest BCUT2D eigenvalue weighted by atomic mass is 9.96. The third kappa shape index (κ3) is 5.86. The molecule has 5 rings (SSSR count). The fourth-order valence-corrected chi connectivity index (χ4v) is 5.38. The molecule has 1 aromatic carbocycles. The zero-order valence-corrected chi connectivity index (χ0v) is 23.0. The van der Waals surface area contributed by atoms with E-state index in [0.717, 1.165) is 83.5 Å². The molecule has 8 heteroatoms. The van der Waals surface area contributed by atoms with Crippen molar-refractivity contribution in [1.82, 2.24) is 25.6 Å². The van der Waals surface area contributed by atoms with Gasteiger partial charge in [-0.15, -0.1) is 0 Å². The van der Waals surface area contributed by atoms with Gasteiger partial charge < -0.3 is 20.3 Å². The second-order valence-electron chi connectivity index (χ2n) is 10.2. The highest BCUT2D eigenvalue weighted by Gasteiger charge is 2.22. The average molecular weight is 525 g/mol. The molecule has 8 nitrogen and oxygen atoms in total. The second kappa shape index (κ2) is 11.8. The number of methoxy groups -OCH3 is 1. The van der Waals surface area contributed by atoms with Gasteiger partial charge in [0.1, 0.15) is 12.1 Å². The Labute approximate surface area is 229 Å². The Hall–Kier alpha value is -4.04. The number of aromatic nitrogens is 3. The molecule has 2 aromatic heterocycles. The zero-order chi connectivity index (χ0) is 27.4. The van der Waals surface area contributed by atoms with Gasteiger partial charge in [0.25, 0.3) is 0 Å². The molecule has 1 fully saturated rings. The van der Waals surface area contributed by atoms with Crippen molar-refractivity contribution in [1.29, 1.82) is 0 Å². The lowest BCUT2D eigenvalue weighted by Gasteiger charge is -2.31. The van der Waals surface area contributed by atoms with E-state index >= 15 is 0 Å². The minimum atomic E-state index is -0.0161. The molecule has 39 heavy (non-hydrogen) atoms. The number of pyridine rings is 1. The van der Waals surface area contributed by atoms with Crippen LogP contribution < -0.4 is 20.3 Å². The van der Waals surface area contributed by atoms with Crippen molar-refractivity contribution in [2.75, 3.05) is 38.2 Å². The van der Waals surface area contributed by atoms with Gasteiger partial charge in [-0.25, -0.2) is 15.0 Å². The second-order valence-corrected chi connectivity index (χ2v) is 10.2. The summed E-state index contributed by atoms with van der Waals surface area (Å²) in [7, 11) is 1.61. The van der Waals surface area contributed by atoms with Crippen LogP contribution in [0.5, 0.6) is 5.88 Å². The fourth-order valence-electron chi connectivity index (χ4n) is 5.38. The van der Waals surface area contributed by atoms with Crippen LogP contribution in [0.2, 0.25) is 0 Å². The Morgan fingerprint density at radius 3 is 2.79 bits per heavy atom. The van der Waals surface area contributed by atoms with E-state index in [9.17, 15) is 4.79 Å². The highest BCUT2D eigenvalue weighted by molar-refractivity contribution is 5.95. The van der Waals surface area contributed by atoms with Crippen molar-refractivity contribution in [3.63, 3.8) is 0 Å². The van der Waals surface area contributed by atoms with Crippen LogP contribution in [-0.2, 0) is 4.79 Å². The largest absolute Gasteiger partial charge is 0.481 e. The van der Waals surface area contributed by atoms with Gasteiger partial charge in [0.15, 0.2) is 0 Å². The van der Waals surface area contributed by atoms with E-state index in [1.807, 2.05) is 37.4 Å². The SMILES string of the molecule is C=CC1=C(C=C(C)C(=O)NC2CCCNC2)CN(c2ncnc3c(C)cc(-c4ccc(OC)nc4)cc23)CC1. The summed E-state index contributed by atoms with van der Waals surface area (Å²) in [5.41, 5.74) is 7.01. The number of nitrogens with zero attached hydrogens (tertiary/aromatic N) is 4. The van der Waals surface area contributed by atoms with Gasteiger partial charge in [-0.3, -0.25) is 4.79 Å². The minimum Gasteiger partial charge on any atom is -0.481 e. The third-order valence-corrected chi connectivity index (χ3v) is 7.54. The fraction of sp³-hybridized carbons (Fsp3) is 0.355. The maximum Gasteiger partial charge on any atom is 0.247 e. The van der Waals surface area contributed by atoms with Crippen LogP contribution in [0.1, 0.15) is 31.7 Å². The number of hydrogen-bond acceptors (Lipinski definition) is 7. The number of fused-ring (bicyclic) bond motifs is 1. The molecule has 0 bridgehead atoms. The number of benzene rings is 1. The number of piperidine rings is 1. The van der Waals surface area contributed by atoms with Crippen molar-refractivity contribution in [3.8, 4) is 17.0 Å². The van der Waals surface area contributed by atoms with Gasteiger partial charge in [0.2, 0.25) is 11.8 Å². The van der Waals surface area contributed by atoms with Crippen LogP contribution >= 0.6 is 0 Å². The molecule has 4 heterocycles. The first-order valence-electron chi connectivity index (χ1n) is 13.5. The highest BCUT2D eigenvalue weighted by Crippen LogP contribution is 2.33. The summed E-state index contributed by atoms with van der Waals surface area (Å²) in [5.74, 6) is 1.45. The van der Waals surface area contributed by atoms with Gasteiger partial charge in [-0.2, -0.15) is 0 Å². The van der Waals surface area contributed by atoms with E-state index in [-0.39, 0.29) is 11.9 Å². The first-order chi connectivity index (χ1) is 19.0. The van der Waals surface area contributed by atoms with Crippen molar-refractivity contribution in [3.05, 3.63) is 77.8 Å². The maximum atomic E-state index is 13.0. The number of aryl methyl sites for hydroxylation is 1. The number of allylic oxidation sites excluding steroid dienone is 1. The van der Waals surface area contributed by atoms with Gasteiger partial charge in [-0.05, 0) is 86.2 Å². The Bertz CT molecular complexity index is 1440. The Morgan fingerprint density at radius 1 is 1.21 bits per heavy atom. The molecule has 0 saturated carbocycles. The first-order valence-corrected chi connectivity index (χ1v) is 13.5. The predicted molar refractivity (Wildman–Crippen MR) is 156 cm³/mol. The Balaban J connectivity index is 1.44. The molecular formula is C31H36N6O2. The van der Waals surface area contributed by atoms with E-state index in [1.165, 1.54) is 0 Å². The minimum absolute atomic E-state index is 0.0161. The molecule has 2 aliphatic rings. The molecule has 2 aliphatic heterocycles. The average Bonchev–Trinajstić information content (AvgIpc) is 2.97. The van der Waals surface area contributed by atoms with Crippen molar-refractivity contribution in [2.45, 2.75) is 39.2 Å². The maximum absolute atomic E-state index is 13.0. The predicted octanol–water partition coefficient (Wildman–Crippen LogP) is 4.52. The summed E-state index contributed by atoms with van der Waals surface area (Å²) in [6.45, 7) is 11.3. The summed E-state index contributed by atoms with van der Waals surface area (Å²) >= 11 is 0. The lowest BCUT2D eigenvalue weighted by Crippen LogP contribution is -2.45. The highest BCUT2D eigenvalue weighted by atomic mass is 16.5. The number of anilines is 1. The molecule has 0 radical (unpaired) electrons. The molecular weight excluding hydrogens is 488 g/mol. The number of amides is 1. The van der Waals surface area contributed by atoms with E-state index in [1.54, 1.807) is 13.4 Å². The summed E-state index contributed by atoms with van der Waals surface area (Å²) in [5, 5.41) is 7.53. The van der Waals surface area contributed by atoms with Gasteiger partial charge in [0, 0.05) is 54.5 Å². The first kappa shape index (κ1) is 26.6. The van der Waals surface area contributed by atoms with E-state index in [4.69, 9.17) is 9.72 Å². The van der Waals surface area contributed by atoms with Crippen molar-refractivity contribution in [2.24, 2.45) is 0 Å². The molecule has 0 spiro atoms. The number of rotatable bonds is 7. The number of ether oxygens (including phenoxy) is 1. The smallest absolute Gasteiger partial charge is 0.247 e. The van der Waals surface area contributed by atoms with Gasteiger partial charge in [-0.1, -0.05) is 12.7 Å². The van der Waals surface area contributed by atoms with E-state index in [2.05, 4.69) is 51.1 Å². The van der Waals surface area contributed by atoms with Crippen LogP contribution in [0.15, 0.2) is 72.2 Å². The molecule has 1 atom stereocenters. The van der Waals surface area contributed by atoms with Crippen molar-refractivity contribution < 1.29 is 9.53 Å². The zero-order valence-electron chi connectivity index (χ0n) is 23.0. The van der Waals surface area contributed by atoms with Crippen LogP contribution in [0, 0.1) is 6.92 Å². The van der Waals surface area contributed by atoms with Crippen LogP contribution in [0.4, 0.5) is 5.82 Å². The summed E-state index contributed by atoms with van der Waals surface area (Å²) in [6.07, 6.45) is 10.3. The van der Waals surface area contributed by atoms with Crippen LogP contribution in [-0.4, -0.2) is 60.2 Å². The van der Waals surface area contributed by atoms with Gasteiger partial charge >= 0.3 is 0 Å². The van der Waals surface area contributed by atoms with Crippen LogP contribution in [0.3, 0.4) is 0 Å². The number of hydrogen-bond donors (Lipinski definition) is 2. The summed E-state index contributed by atoms with van der Waals surface area (Å²) in [6, 6.07) is 8.32. The molecule has 3 aromatic rings. The van der Waals surface area contributed by atoms with E-state index < -0.39 is 0 Å². The lowest BCUT2D eigenvalue weighted by molar-refractivity contribution is -0.118. The molecule has 2 N–H and O–H groups in total. The summed E-state index contributed by atoms with van der Waals surface area (Å²) in [4.78, 5) is 28.9. The molecule has 202 valence electrons. The van der Waals surface area contributed by atoms with Crippen LogP contribution in [0.25, 0.3) is 22.0 Å². The number of carbonyl (C=O) groups excluding carboxylic acids is 1. The van der Waals surface area contributed by atoms with E-state index in [0.29, 0.717) is 18.0 Å². The Kier molecular flexibility index (Phi) is 8.02. The normalized spacial score (nSPS) is 18.3. The molecule has 1 amide bonds. The number of nitrogens with one attached hydrogen (secondary N) is 2. The van der Waals surface area contributed by atoms with Crippen molar-refractivity contribution >= 4 is 22.6 Å². The number of carbonyl (C=O) groups is 1. The standard InChI is InChI=1S/C31H36N6O2/c1-5-22-10-12-37(18-25(22)14-21(3)31(38)36-26-7-6-11-32-17-26)30-27-15-24(13-20(2)29(27)34-19-35-30)23-8-9-28(39-4)33-16-23/h5,8-9,13-16,19,26,32H,1,6-7,10-12,17-18H2,2-4H3,(H,36,38). The topological polar surface area (TPSA) is 92.3 Å². The third-order valence-electron chi connectivity index (χ3n) is 7.54. The van der Waals surface area contributed by atoms with Gasteiger partial charge in [0.05, 0.1) is 12.6 Å². The Morgan fingerprint density at radius 2 is 2.08 bits per heavy atom. The quantitative estimate of drug-likeness (QED) is 0.439.